The molecule has 2 rings (SSSR count). The largest absolute Gasteiger partial charge is 0.358 e. The number of amides is 1. The summed E-state index contributed by atoms with van der Waals surface area (Å²) < 4.78 is 0. The van der Waals surface area contributed by atoms with Crippen molar-refractivity contribution in [3.8, 4) is 0 Å². The van der Waals surface area contributed by atoms with Crippen molar-refractivity contribution in [2.75, 3.05) is 20.1 Å². The van der Waals surface area contributed by atoms with Crippen molar-refractivity contribution in [1.29, 1.82) is 0 Å². The summed E-state index contributed by atoms with van der Waals surface area (Å²) in [6, 6.07) is 10.6. The minimum absolute atomic E-state index is 0.0608. The van der Waals surface area contributed by atoms with Crippen LogP contribution in [0.2, 0.25) is 0 Å². The van der Waals surface area contributed by atoms with Crippen LogP contribution in [0.25, 0.3) is 6.08 Å². The first-order valence-corrected chi connectivity index (χ1v) is 8.51. The molecule has 0 unspecified atom stereocenters. The lowest BCUT2D eigenvalue weighted by molar-refractivity contribution is -0.125. The van der Waals surface area contributed by atoms with Gasteiger partial charge in [0, 0.05) is 37.3 Å². The van der Waals surface area contributed by atoms with Crippen LogP contribution in [0.4, 0.5) is 0 Å². The number of hydrogen-bond donors (Lipinski definition) is 2. The van der Waals surface area contributed by atoms with Crippen LogP contribution in [0, 0.1) is 0 Å². The van der Waals surface area contributed by atoms with Crippen LogP contribution in [0.15, 0.2) is 35.4 Å². The quantitative estimate of drug-likeness (QED) is 0.839. The summed E-state index contributed by atoms with van der Waals surface area (Å²) >= 11 is 6.32. The van der Waals surface area contributed by atoms with Gasteiger partial charge in [0.25, 0.3) is 0 Å². The molecule has 0 bridgehead atoms. The second kappa shape index (κ2) is 8.48. The second-order valence-electron chi connectivity index (χ2n) is 6.24. The number of rotatable bonds is 6. The lowest BCUT2D eigenvalue weighted by atomic mass is 10.1. The van der Waals surface area contributed by atoms with E-state index >= 15 is 0 Å². The Morgan fingerprint density at radius 2 is 2.09 bits per heavy atom. The number of hydrogen-bond acceptors (Lipinski definition) is 3. The van der Waals surface area contributed by atoms with Gasteiger partial charge >= 0.3 is 0 Å². The summed E-state index contributed by atoms with van der Waals surface area (Å²) in [7, 11) is 1.70. The highest BCUT2D eigenvalue weighted by molar-refractivity contribution is 6.31. The highest BCUT2D eigenvalue weighted by Crippen LogP contribution is 2.21. The molecule has 0 aromatic heterocycles. The van der Waals surface area contributed by atoms with E-state index in [4.69, 9.17) is 11.6 Å². The summed E-state index contributed by atoms with van der Waals surface area (Å²) in [4.78, 5) is 14.3. The molecule has 4 nitrogen and oxygen atoms in total. The van der Waals surface area contributed by atoms with Gasteiger partial charge in [-0.05, 0) is 31.9 Å². The SMILES string of the molecule is CNC(=O)[C@@H]1C[C@H](NC/C(Cl)=C/c2ccccc2)CN1C(C)C. The van der Waals surface area contributed by atoms with Crippen molar-refractivity contribution in [3.05, 3.63) is 40.9 Å². The molecule has 2 N–H and O–H groups in total. The normalized spacial score (nSPS) is 22.6. The van der Waals surface area contributed by atoms with Crippen molar-refractivity contribution in [2.45, 2.75) is 38.4 Å². The van der Waals surface area contributed by atoms with Gasteiger partial charge in [-0.2, -0.15) is 0 Å². The molecule has 23 heavy (non-hydrogen) atoms. The fourth-order valence-corrected chi connectivity index (χ4v) is 3.23. The summed E-state index contributed by atoms with van der Waals surface area (Å²) in [5.74, 6) is 0.0916. The van der Waals surface area contributed by atoms with E-state index < -0.39 is 0 Å². The van der Waals surface area contributed by atoms with E-state index in [9.17, 15) is 4.79 Å². The van der Waals surface area contributed by atoms with Crippen molar-refractivity contribution >= 4 is 23.6 Å². The fourth-order valence-electron chi connectivity index (χ4n) is 3.03. The molecule has 1 aromatic carbocycles. The van der Waals surface area contributed by atoms with Gasteiger partial charge in [0.15, 0.2) is 0 Å². The third-order valence-corrected chi connectivity index (χ3v) is 4.48. The maximum Gasteiger partial charge on any atom is 0.237 e. The average Bonchev–Trinajstić information content (AvgIpc) is 2.98. The summed E-state index contributed by atoms with van der Waals surface area (Å²) in [5, 5.41) is 7.01. The predicted octanol–water partition coefficient (Wildman–Crippen LogP) is 2.45. The standard InChI is InChI=1S/C18H26ClN3O/c1-13(2)22-12-16(10-17(22)18(23)20-3)21-11-15(19)9-14-7-5-4-6-8-14/h4-9,13,16-17,21H,10-12H2,1-3H3,(H,20,23)/b15-9-/t16-,17-/m0/s1. The molecule has 0 radical (unpaired) electrons. The van der Waals surface area contributed by atoms with Crippen LogP contribution in [0.5, 0.6) is 0 Å². The van der Waals surface area contributed by atoms with Crippen LogP contribution in [0.1, 0.15) is 25.8 Å². The number of likely N-dealkylation sites (N-methyl/N-ethyl adjacent to an activating group) is 1. The minimum Gasteiger partial charge on any atom is -0.358 e. The number of likely N-dealkylation sites (tertiary alicyclic amines) is 1. The van der Waals surface area contributed by atoms with Crippen molar-refractivity contribution in [3.63, 3.8) is 0 Å². The first kappa shape index (κ1) is 18.0. The Morgan fingerprint density at radius 1 is 1.39 bits per heavy atom. The van der Waals surface area contributed by atoms with Crippen LogP contribution < -0.4 is 10.6 Å². The van der Waals surface area contributed by atoms with Gasteiger partial charge in [0.1, 0.15) is 0 Å². The summed E-state index contributed by atoms with van der Waals surface area (Å²) in [5.41, 5.74) is 1.10. The van der Waals surface area contributed by atoms with Gasteiger partial charge < -0.3 is 10.6 Å². The van der Waals surface area contributed by atoms with Crippen molar-refractivity contribution in [2.24, 2.45) is 0 Å². The molecular formula is C18H26ClN3O. The number of nitrogens with zero attached hydrogens (tertiary/aromatic N) is 1. The molecule has 1 saturated heterocycles. The Bertz CT molecular complexity index is 544. The fraction of sp³-hybridized carbons (Fsp3) is 0.500. The smallest absolute Gasteiger partial charge is 0.237 e. The molecule has 1 aromatic rings. The summed E-state index contributed by atoms with van der Waals surface area (Å²) in [6.45, 7) is 5.74. The van der Waals surface area contributed by atoms with E-state index in [0.29, 0.717) is 12.6 Å². The van der Waals surface area contributed by atoms with Crippen molar-refractivity contribution < 1.29 is 4.79 Å². The highest BCUT2D eigenvalue weighted by Gasteiger charge is 2.37. The minimum atomic E-state index is -0.0608. The molecule has 1 aliphatic rings. The highest BCUT2D eigenvalue weighted by atomic mass is 35.5. The molecule has 1 amide bonds. The molecule has 1 aliphatic heterocycles. The van der Waals surface area contributed by atoms with E-state index in [0.717, 1.165) is 23.6 Å². The first-order valence-electron chi connectivity index (χ1n) is 8.13. The van der Waals surface area contributed by atoms with Gasteiger partial charge in [-0.1, -0.05) is 41.9 Å². The molecule has 0 aliphatic carbocycles. The molecular weight excluding hydrogens is 310 g/mol. The topological polar surface area (TPSA) is 44.4 Å². The number of carbonyl (C=O) groups excluding carboxylic acids is 1. The second-order valence-corrected chi connectivity index (χ2v) is 6.72. The van der Waals surface area contributed by atoms with E-state index in [1.165, 1.54) is 0 Å². The number of nitrogens with one attached hydrogen (secondary N) is 2. The van der Waals surface area contributed by atoms with Gasteiger partial charge in [0.05, 0.1) is 6.04 Å². The van der Waals surface area contributed by atoms with Gasteiger partial charge in [-0.25, -0.2) is 0 Å². The zero-order valence-corrected chi connectivity index (χ0v) is 14.8. The molecule has 5 heteroatoms. The van der Waals surface area contributed by atoms with Gasteiger partial charge in [-0.3, -0.25) is 9.69 Å². The van der Waals surface area contributed by atoms with Crippen LogP contribution in [-0.2, 0) is 4.79 Å². The zero-order valence-electron chi connectivity index (χ0n) is 14.1. The molecule has 1 heterocycles. The van der Waals surface area contributed by atoms with Crippen LogP contribution >= 0.6 is 11.6 Å². The maximum atomic E-state index is 12.0. The Hall–Kier alpha value is -1.36. The number of benzene rings is 1. The van der Waals surface area contributed by atoms with Gasteiger partial charge in [0.2, 0.25) is 5.91 Å². The lowest BCUT2D eigenvalue weighted by Crippen LogP contribution is -2.45. The monoisotopic (exact) mass is 335 g/mol. The van der Waals surface area contributed by atoms with E-state index in [1.807, 2.05) is 36.4 Å². The number of carbonyl (C=O) groups is 1. The third-order valence-electron chi connectivity index (χ3n) is 4.23. The Labute approximate surface area is 143 Å². The molecule has 2 atom stereocenters. The summed E-state index contributed by atoms with van der Waals surface area (Å²) in [6.07, 6.45) is 2.79. The molecule has 0 saturated carbocycles. The maximum absolute atomic E-state index is 12.0. The average molecular weight is 336 g/mol. The Kier molecular flexibility index (Phi) is 6.63. The van der Waals surface area contributed by atoms with Crippen molar-refractivity contribution in [1.82, 2.24) is 15.5 Å². The first-order chi connectivity index (χ1) is 11.0. The Balaban J connectivity index is 1.91. The molecule has 1 fully saturated rings. The Morgan fingerprint density at radius 3 is 2.70 bits per heavy atom. The van der Waals surface area contributed by atoms with E-state index in [1.54, 1.807) is 7.05 Å². The third kappa shape index (κ3) is 5.06. The lowest BCUT2D eigenvalue weighted by Gasteiger charge is -2.26. The van der Waals surface area contributed by atoms with Gasteiger partial charge in [-0.15, -0.1) is 0 Å². The predicted molar refractivity (Wildman–Crippen MR) is 96.4 cm³/mol. The molecule has 0 spiro atoms. The zero-order chi connectivity index (χ0) is 16.8. The van der Waals surface area contributed by atoms with E-state index in [-0.39, 0.29) is 18.0 Å². The number of halogens is 1. The molecule has 126 valence electrons. The van der Waals surface area contributed by atoms with Crippen LogP contribution in [0.3, 0.4) is 0 Å². The van der Waals surface area contributed by atoms with Crippen LogP contribution in [-0.4, -0.2) is 49.1 Å². The van der Waals surface area contributed by atoms with E-state index in [2.05, 4.69) is 29.4 Å².